The first-order chi connectivity index (χ1) is 9.10. The van der Waals surface area contributed by atoms with E-state index in [4.69, 9.17) is 0 Å². The Morgan fingerprint density at radius 3 is 2.84 bits per heavy atom. The van der Waals surface area contributed by atoms with Gasteiger partial charge in [-0.3, -0.25) is 9.78 Å². The molecule has 0 bridgehead atoms. The summed E-state index contributed by atoms with van der Waals surface area (Å²) in [5.74, 6) is -1.05. The van der Waals surface area contributed by atoms with Crippen molar-refractivity contribution in [1.29, 1.82) is 0 Å². The molecule has 1 amide bonds. The lowest BCUT2D eigenvalue weighted by molar-refractivity contribution is -0.156. The molecule has 1 unspecified atom stereocenters. The van der Waals surface area contributed by atoms with E-state index in [1.165, 1.54) is 4.90 Å². The van der Waals surface area contributed by atoms with Gasteiger partial charge in [-0.1, -0.05) is 13.0 Å². The van der Waals surface area contributed by atoms with Gasteiger partial charge in [0.1, 0.15) is 5.54 Å². The highest BCUT2D eigenvalue weighted by Crippen LogP contribution is 2.33. The molecule has 1 saturated heterocycles. The van der Waals surface area contributed by atoms with Gasteiger partial charge >= 0.3 is 5.97 Å². The predicted molar refractivity (Wildman–Crippen MR) is 69.5 cm³/mol. The van der Waals surface area contributed by atoms with Gasteiger partial charge in [-0.05, 0) is 31.4 Å². The second-order valence-electron chi connectivity index (χ2n) is 4.84. The maximum atomic E-state index is 12.3. The summed E-state index contributed by atoms with van der Waals surface area (Å²) in [6.45, 7) is 2.34. The number of carbonyl (C=O) groups excluding carboxylic acids is 1. The van der Waals surface area contributed by atoms with Crippen LogP contribution in [0, 0.1) is 0 Å². The van der Waals surface area contributed by atoms with Gasteiger partial charge in [-0.2, -0.15) is 0 Å². The average molecular weight is 262 g/mol. The number of hydrogen-bond donors (Lipinski definition) is 1. The molecule has 1 N–H and O–H groups in total. The summed E-state index contributed by atoms with van der Waals surface area (Å²) in [5.41, 5.74) is -0.346. The fraction of sp³-hybridized carbons (Fsp3) is 0.500. The molecule has 0 aromatic carbocycles. The molecule has 0 saturated carbocycles. The van der Waals surface area contributed by atoms with Crippen LogP contribution in [0.15, 0.2) is 24.4 Å². The van der Waals surface area contributed by atoms with Crippen LogP contribution >= 0.6 is 0 Å². The van der Waals surface area contributed by atoms with Crippen molar-refractivity contribution in [3.05, 3.63) is 30.1 Å². The van der Waals surface area contributed by atoms with Crippen LogP contribution in [0.2, 0.25) is 0 Å². The second-order valence-corrected chi connectivity index (χ2v) is 4.84. The topological polar surface area (TPSA) is 70.5 Å². The monoisotopic (exact) mass is 262 g/mol. The van der Waals surface area contributed by atoms with Crippen LogP contribution in [0.3, 0.4) is 0 Å². The quantitative estimate of drug-likeness (QED) is 0.892. The number of carbonyl (C=O) groups is 2. The van der Waals surface area contributed by atoms with Gasteiger partial charge in [0.2, 0.25) is 5.91 Å². The van der Waals surface area contributed by atoms with E-state index < -0.39 is 11.5 Å². The zero-order valence-electron chi connectivity index (χ0n) is 11.0. The molecule has 1 aromatic heterocycles. The third-order valence-electron chi connectivity index (χ3n) is 3.83. The van der Waals surface area contributed by atoms with Crippen molar-refractivity contribution in [2.75, 3.05) is 6.54 Å². The maximum Gasteiger partial charge on any atom is 0.329 e. The smallest absolute Gasteiger partial charge is 0.329 e. The Kier molecular flexibility index (Phi) is 3.83. The maximum absolute atomic E-state index is 12.3. The van der Waals surface area contributed by atoms with E-state index >= 15 is 0 Å². The van der Waals surface area contributed by atoms with E-state index in [1.807, 2.05) is 13.0 Å². The third-order valence-corrected chi connectivity index (χ3v) is 3.83. The van der Waals surface area contributed by atoms with Gasteiger partial charge in [-0.15, -0.1) is 0 Å². The summed E-state index contributed by atoms with van der Waals surface area (Å²) in [7, 11) is 0. The average Bonchev–Trinajstić information content (AvgIpc) is 2.85. The molecular weight excluding hydrogens is 244 g/mol. The Hall–Kier alpha value is -1.91. The minimum absolute atomic E-state index is 0.152. The molecule has 2 rings (SSSR count). The van der Waals surface area contributed by atoms with E-state index in [0.717, 1.165) is 6.42 Å². The van der Waals surface area contributed by atoms with E-state index in [0.29, 0.717) is 25.1 Å². The van der Waals surface area contributed by atoms with Crippen LogP contribution in [0.5, 0.6) is 0 Å². The number of carboxylic acid groups (broad SMARTS) is 1. The van der Waals surface area contributed by atoms with Crippen LogP contribution < -0.4 is 0 Å². The lowest BCUT2D eigenvalue weighted by Gasteiger charge is -2.33. The summed E-state index contributed by atoms with van der Waals surface area (Å²) in [4.78, 5) is 29.5. The Morgan fingerprint density at radius 2 is 2.26 bits per heavy atom. The lowest BCUT2D eigenvalue weighted by Crippen LogP contribution is -2.53. The van der Waals surface area contributed by atoms with E-state index in [-0.39, 0.29) is 12.3 Å². The molecule has 1 aromatic rings. The Bertz CT molecular complexity index is 475. The number of amides is 1. The largest absolute Gasteiger partial charge is 0.479 e. The SMILES string of the molecule is CCC1(C(=O)O)CCCN1C(=O)Cc1ccccn1. The molecule has 102 valence electrons. The van der Waals surface area contributed by atoms with Crippen molar-refractivity contribution >= 4 is 11.9 Å². The molecule has 0 aliphatic carbocycles. The fourth-order valence-corrected chi connectivity index (χ4v) is 2.74. The van der Waals surface area contributed by atoms with Crippen molar-refractivity contribution in [1.82, 2.24) is 9.88 Å². The van der Waals surface area contributed by atoms with Crippen molar-refractivity contribution in [2.45, 2.75) is 38.1 Å². The molecule has 5 heteroatoms. The summed E-state index contributed by atoms with van der Waals surface area (Å²) >= 11 is 0. The van der Waals surface area contributed by atoms with Crippen LogP contribution in [0.1, 0.15) is 31.9 Å². The summed E-state index contributed by atoms with van der Waals surface area (Å²) in [6.07, 6.45) is 3.52. The van der Waals surface area contributed by atoms with Crippen molar-refractivity contribution in [3.8, 4) is 0 Å². The van der Waals surface area contributed by atoms with Crippen LogP contribution in [0.4, 0.5) is 0 Å². The van der Waals surface area contributed by atoms with Crippen molar-refractivity contribution in [3.63, 3.8) is 0 Å². The Morgan fingerprint density at radius 1 is 1.47 bits per heavy atom. The van der Waals surface area contributed by atoms with Gasteiger partial charge in [0.25, 0.3) is 0 Å². The number of aliphatic carboxylic acids is 1. The number of aromatic nitrogens is 1. The van der Waals surface area contributed by atoms with Gasteiger partial charge in [0, 0.05) is 18.4 Å². The number of rotatable bonds is 4. The summed E-state index contributed by atoms with van der Waals surface area (Å²) < 4.78 is 0. The Balaban J connectivity index is 2.16. The Labute approximate surface area is 112 Å². The molecule has 1 aliphatic heterocycles. The number of likely N-dealkylation sites (tertiary alicyclic amines) is 1. The molecule has 2 heterocycles. The second kappa shape index (κ2) is 5.38. The first-order valence-corrected chi connectivity index (χ1v) is 6.54. The highest BCUT2D eigenvalue weighted by Gasteiger charge is 2.48. The zero-order chi connectivity index (χ0) is 13.9. The molecule has 1 aliphatic rings. The van der Waals surface area contributed by atoms with Crippen LogP contribution in [0.25, 0.3) is 0 Å². The van der Waals surface area contributed by atoms with Gasteiger partial charge in [0.05, 0.1) is 6.42 Å². The molecular formula is C14H18N2O3. The molecule has 0 spiro atoms. The van der Waals surface area contributed by atoms with Crippen molar-refractivity contribution < 1.29 is 14.7 Å². The number of pyridine rings is 1. The molecule has 5 nitrogen and oxygen atoms in total. The molecule has 1 atom stereocenters. The zero-order valence-corrected chi connectivity index (χ0v) is 11.0. The van der Waals surface area contributed by atoms with Crippen LogP contribution in [-0.4, -0.2) is 39.0 Å². The molecule has 1 fully saturated rings. The van der Waals surface area contributed by atoms with E-state index in [9.17, 15) is 14.7 Å². The van der Waals surface area contributed by atoms with Gasteiger partial charge < -0.3 is 10.0 Å². The number of carboxylic acids is 1. The van der Waals surface area contributed by atoms with E-state index in [2.05, 4.69) is 4.98 Å². The highest BCUT2D eigenvalue weighted by molar-refractivity contribution is 5.88. The predicted octanol–water partition coefficient (Wildman–Crippen LogP) is 1.48. The van der Waals surface area contributed by atoms with E-state index in [1.54, 1.807) is 18.3 Å². The lowest BCUT2D eigenvalue weighted by atomic mass is 9.92. The van der Waals surface area contributed by atoms with Crippen LogP contribution in [-0.2, 0) is 16.0 Å². The first kappa shape index (κ1) is 13.5. The first-order valence-electron chi connectivity index (χ1n) is 6.54. The third kappa shape index (κ3) is 2.45. The fourth-order valence-electron chi connectivity index (χ4n) is 2.74. The molecule has 0 radical (unpaired) electrons. The number of hydrogen-bond acceptors (Lipinski definition) is 3. The minimum atomic E-state index is -1.02. The standard InChI is InChI=1S/C14H18N2O3/c1-2-14(13(18)19)7-5-9-16(14)12(17)10-11-6-3-4-8-15-11/h3-4,6,8H,2,5,7,9-10H2,1H3,(H,18,19). The number of nitrogens with zero attached hydrogens (tertiary/aromatic N) is 2. The summed E-state index contributed by atoms with van der Waals surface area (Å²) in [6, 6.07) is 5.39. The van der Waals surface area contributed by atoms with Gasteiger partial charge in [-0.25, -0.2) is 4.79 Å². The van der Waals surface area contributed by atoms with Crippen molar-refractivity contribution in [2.24, 2.45) is 0 Å². The normalized spacial score (nSPS) is 22.5. The summed E-state index contributed by atoms with van der Waals surface area (Å²) in [5, 5.41) is 9.44. The van der Waals surface area contributed by atoms with Gasteiger partial charge in [0.15, 0.2) is 0 Å². The minimum Gasteiger partial charge on any atom is -0.479 e. The molecule has 19 heavy (non-hydrogen) atoms. The highest BCUT2D eigenvalue weighted by atomic mass is 16.4.